The van der Waals surface area contributed by atoms with E-state index in [-0.39, 0.29) is 30.2 Å². The molecule has 2 amide bonds. The van der Waals surface area contributed by atoms with Crippen molar-refractivity contribution >= 4 is 11.8 Å². The van der Waals surface area contributed by atoms with Crippen LogP contribution in [0.5, 0.6) is 0 Å². The summed E-state index contributed by atoms with van der Waals surface area (Å²) < 4.78 is 0. The number of amides is 2. The Morgan fingerprint density at radius 3 is 2.41 bits per heavy atom. The van der Waals surface area contributed by atoms with E-state index in [1.165, 1.54) is 6.42 Å². The summed E-state index contributed by atoms with van der Waals surface area (Å²) in [6.45, 7) is 2.19. The quantitative estimate of drug-likeness (QED) is 0.701. The van der Waals surface area contributed by atoms with Crippen LogP contribution in [0, 0.1) is 5.92 Å². The minimum Gasteiger partial charge on any atom is -0.388 e. The zero-order valence-corrected chi connectivity index (χ0v) is 13.7. The lowest BCUT2D eigenvalue weighted by Gasteiger charge is -2.32. The maximum Gasteiger partial charge on any atom is 0.223 e. The predicted octanol–water partition coefficient (Wildman–Crippen LogP) is 1.88. The minimum absolute atomic E-state index is 0.0868. The number of rotatable bonds is 6. The molecule has 0 radical (unpaired) electrons. The first kappa shape index (κ1) is 17.3. The van der Waals surface area contributed by atoms with Crippen LogP contribution in [0.3, 0.4) is 0 Å². The highest BCUT2D eigenvalue weighted by Crippen LogP contribution is 2.27. The van der Waals surface area contributed by atoms with E-state index in [2.05, 4.69) is 10.6 Å². The third-order valence-electron chi connectivity index (χ3n) is 5.01. The van der Waals surface area contributed by atoms with Gasteiger partial charge in [0.25, 0.3) is 0 Å². The molecule has 22 heavy (non-hydrogen) atoms. The molecule has 2 aliphatic carbocycles. The molecule has 0 aromatic rings. The van der Waals surface area contributed by atoms with Gasteiger partial charge in [-0.3, -0.25) is 9.59 Å². The maximum absolute atomic E-state index is 12.0. The average Bonchev–Trinajstić information content (AvgIpc) is 3.00. The first-order chi connectivity index (χ1) is 10.5. The summed E-state index contributed by atoms with van der Waals surface area (Å²) in [6.07, 6.45) is 9.23. The van der Waals surface area contributed by atoms with Gasteiger partial charge >= 0.3 is 0 Å². The molecule has 0 aromatic carbocycles. The Bertz CT molecular complexity index is 385. The second-order valence-electron chi connectivity index (χ2n) is 7.16. The lowest BCUT2D eigenvalue weighted by Crippen LogP contribution is -2.46. The molecule has 3 N–H and O–H groups in total. The fraction of sp³-hybridized carbons (Fsp3) is 0.882. The van der Waals surface area contributed by atoms with E-state index in [0.717, 1.165) is 51.4 Å². The van der Waals surface area contributed by atoms with Crippen LogP contribution in [0.2, 0.25) is 0 Å². The molecule has 2 fully saturated rings. The van der Waals surface area contributed by atoms with Gasteiger partial charge in [-0.15, -0.1) is 0 Å². The molecule has 0 aliphatic heterocycles. The summed E-state index contributed by atoms with van der Waals surface area (Å²) in [5.41, 5.74) is -0.732. The van der Waals surface area contributed by atoms with Crippen molar-refractivity contribution < 1.29 is 14.7 Å². The van der Waals surface area contributed by atoms with E-state index in [1.807, 2.05) is 6.92 Å². The van der Waals surface area contributed by atoms with Gasteiger partial charge in [0.05, 0.1) is 5.60 Å². The molecule has 2 rings (SSSR count). The first-order valence-corrected chi connectivity index (χ1v) is 8.78. The summed E-state index contributed by atoms with van der Waals surface area (Å²) in [6, 6.07) is -0.158. The Morgan fingerprint density at radius 2 is 1.77 bits per heavy atom. The number of hydrogen-bond donors (Lipinski definition) is 3. The van der Waals surface area contributed by atoms with Crippen LogP contribution in [0.1, 0.15) is 71.1 Å². The molecule has 126 valence electrons. The van der Waals surface area contributed by atoms with Crippen molar-refractivity contribution in [3.05, 3.63) is 0 Å². The fourth-order valence-electron chi connectivity index (χ4n) is 3.60. The van der Waals surface area contributed by atoms with Gasteiger partial charge in [0.2, 0.25) is 11.8 Å². The number of hydrogen-bond acceptors (Lipinski definition) is 3. The molecule has 0 aromatic heterocycles. The van der Waals surface area contributed by atoms with Crippen LogP contribution in [0.25, 0.3) is 0 Å². The number of nitrogens with one attached hydrogen (secondary N) is 2. The van der Waals surface area contributed by atoms with Crippen molar-refractivity contribution in [2.75, 3.05) is 6.54 Å². The van der Waals surface area contributed by atoms with Crippen LogP contribution in [0.15, 0.2) is 0 Å². The molecule has 5 heteroatoms. The van der Waals surface area contributed by atoms with Crippen molar-refractivity contribution in [1.82, 2.24) is 10.6 Å². The zero-order chi connectivity index (χ0) is 16.0. The second kappa shape index (κ2) is 7.95. The van der Waals surface area contributed by atoms with Crippen molar-refractivity contribution in [3.63, 3.8) is 0 Å². The molecule has 0 bridgehead atoms. The third kappa shape index (κ3) is 5.27. The van der Waals surface area contributed by atoms with Crippen molar-refractivity contribution in [1.29, 1.82) is 0 Å². The van der Waals surface area contributed by atoms with Gasteiger partial charge in [-0.2, -0.15) is 0 Å². The van der Waals surface area contributed by atoms with Crippen molar-refractivity contribution in [2.24, 2.45) is 5.92 Å². The standard InChI is InChI=1S/C17H30N2O3/c1-13(19-16(21)14-7-3-4-8-14)11-15(20)18-12-17(22)9-5-2-6-10-17/h13-14,22H,2-12H2,1H3,(H,18,20)(H,19,21). The Hall–Kier alpha value is -1.10. The predicted molar refractivity (Wildman–Crippen MR) is 85.2 cm³/mol. The van der Waals surface area contributed by atoms with Gasteiger partial charge in [-0.05, 0) is 32.6 Å². The lowest BCUT2D eigenvalue weighted by atomic mass is 9.85. The van der Waals surface area contributed by atoms with Gasteiger partial charge < -0.3 is 15.7 Å². The smallest absolute Gasteiger partial charge is 0.223 e. The number of aliphatic hydroxyl groups is 1. The highest BCUT2D eigenvalue weighted by Gasteiger charge is 2.29. The van der Waals surface area contributed by atoms with E-state index in [0.29, 0.717) is 6.54 Å². The van der Waals surface area contributed by atoms with Crippen molar-refractivity contribution in [3.8, 4) is 0 Å². The Morgan fingerprint density at radius 1 is 1.14 bits per heavy atom. The monoisotopic (exact) mass is 310 g/mol. The average molecular weight is 310 g/mol. The van der Waals surface area contributed by atoms with Crippen LogP contribution < -0.4 is 10.6 Å². The van der Waals surface area contributed by atoms with E-state index >= 15 is 0 Å². The molecule has 1 atom stereocenters. The minimum atomic E-state index is -0.732. The molecule has 0 saturated heterocycles. The Balaban J connectivity index is 1.66. The summed E-state index contributed by atoms with van der Waals surface area (Å²) >= 11 is 0. The van der Waals surface area contributed by atoms with Gasteiger partial charge in [0.1, 0.15) is 0 Å². The fourth-order valence-corrected chi connectivity index (χ4v) is 3.60. The molecule has 1 unspecified atom stereocenters. The van der Waals surface area contributed by atoms with Crippen molar-refractivity contribution in [2.45, 2.75) is 82.8 Å². The van der Waals surface area contributed by atoms with Gasteiger partial charge in [0.15, 0.2) is 0 Å². The van der Waals surface area contributed by atoms with E-state index in [1.54, 1.807) is 0 Å². The van der Waals surface area contributed by atoms with Crippen LogP contribution in [0.4, 0.5) is 0 Å². The van der Waals surface area contributed by atoms with E-state index in [4.69, 9.17) is 0 Å². The molecule has 0 spiro atoms. The van der Waals surface area contributed by atoms with Gasteiger partial charge in [-0.1, -0.05) is 32.1 Å². The molecular weight excluding hydrogens is 280 g/mol. The number of carbonyl (C=O) groups is 2. The first-order valence-electron chi connectivity index (χ1n) is 8.78. The van der Waals surface area contributed by atoms with Gasteiger partial charge in [0, 0.05) is 24.9 Å². The number of carbonyl (C=O) groups excluding carboxylic acids is 2. The lowest BCUT2D eigenvalue weighted by molar-refractivity contribution is -0.126. The highest BCUT2D eigenvalue weighted by atomic mass is 16.3. The van der Waals surface area contributed by atoms with Gasteiger partial charge in [-0.25, -0.2) is 0 Å². The van der Waals surface area contributed by atoms with Crippen LogP contribution >= 0.6 is 0 Å². The van der Waals surface area contributed by atoms with E-state index in [9.17, 15) is 14.7 Å². The normalized spacial score (nSPS) is 23.0. The zero-order valence-electron chi connectivity index (χ0n) is 13.7. The van der Waals surface area contributed by atoms with Crippen LogP contribution in [-0.4, -0.2) is 35.1 Å². The molecular formula is C17H30N2O3. The summed E-state index contributed by atoms with van der Waals surface area (Å²) in [5, 5.41) is 16.1. The molecule has 2 saturated carbocycles. The maximum atomic E-state index is 12.0. The SMILES string of the molecule is CC(CC(=O)NCC1(O)CCCCC1)NC(=O)C1CCCC1. The van der Waals surface area contributed by atoms with E-state index < -0.39 is 5.60 Å². The largest absolute Gasteiger partial charge is 0.388 e. The molecule has 0 heterocycles. The topological polar surface area (TPSA) is 78.4 Å². The summed E-state index contributed by atoms with van der Waals surface area (Å²) in [7, 11) is 0. The Labute approximate surface area is 133 Å². The third-order valence-corrected chi connectivity index (χ3v) is 5.01. The highest BCUT2D eigenvalue weighted by molar-refractivity contribution is 5.81. The summed E-state index contributed by atoms with van der Waals surface area (Å²) in [5.74, 6) is 0.121. The summed E-state index contributed by atoms with van der Waals surface area (Å²) in [4.78, 5) is 24.0. The van der Waals surface area contributed by atoms with Crippen LogP contribution in [-0.2, 0) is 9.59 Å². The second-order valence-corrected chi connectivity index (χ2v) is 7.16. The molecule has 5 nitrogen and oxygen atoms in total. The molecule has 2 aliphatic rings. The Kier molecular flexibility index (Phi) is 6.24.